The molecule has 0 aromatic heterocycles. The molecule has 15 heavy (non-hydrogen) atoms. The number of allylic oxidation sites excluding steroid dienone is 1. The van der Waals surface area contributed by atoms with Gasteiger partial charge in [0, 0.05) is 0 Å². The molecule has 0 fully saturated rings. The summed E-state index contributed by atoms with van der Waals surface area (Å²) in [6.07, 6.45) is 2.09. The van der Waals surface area contributed by atoms with Crippen LogP contribution < -0.4 is 0 Å². The summed E-state index contributed by atoms with van der Waals surface area (Å²) in [6.45, 7) is 4.06. The maximum absolute atomic E-state index is 4.06. The lowest BCUT2D eigenvalue weighted by Gasteiger charge is -2.00. The topological polar surface area (TPSA) is 0 Å². The molecule has 0 nitrogen and oxygen atoms in total. The highest BCUT2D eigenvalue weighted by atomic mass is 14.0. The van der Waals surface area contributed by atoms with Gasteiger partial charge in [-0.25, -0.2) is 0 Å². The van der Waals surface area contributed by atoms with Gasteiger partial charge in [-0.05, 0) is 23.6 Å². The third-order valence-corrected chi connectivity index (χ3v) is 2.29. The summed E-state index contributed by atoms with van der Waals surface area (Å²) in [7, 11) is 0. The summed E-state index contributed by atoms with van der Waals surface area (Å²) in [5, 5.41) is 0. The lowest BCUT2D eigenvalue weighted by atomic mass is 10.0. The second-order valence-corrected chi connectivity index (χ2v) is 3.45. The van der Waals surface area contributed by atoms with Crippen LogP contribution in [-0.2, 0) is 0 Å². The zero-order chi connectivity index (χ0) is 10.5. The van der Waals surface area contributed by atoms with Crippen molar-refractivity contribution in [2.45, 2.75) is 0 Å². The fraction of sp³-hybridized carbons (Fsp3) is 0. The predicted octanol–water partition coefficient (Wildman–Crippen LogP) is 4.06. The van der Waals surface area contributed by atoms with Crippen LogP contribution in [0.1, 0.15) is 11.1 Å². The Morgan fingerprint density at radius 2 is 1.33 bits per heavy atom. The van der Waals surface area contributed by atoms with Crippen LogP contribution in [0, 0.1) is 6.92 Å². The van der Waals surface area contributed by atoms with E-state index in [1.165, 1.54) is 11.1 Å². The number of benzene rings is 2. The van der Waals surface area contributed by atoms with Crippen LogP contribution in [0.4, 0.5) is 0 Å². The quantitative estimate of drug-likeness (QED) is 0.631. The average molecular weight is 193 g/mol. The van der Waals surface area contributed by atoms with Crippen LogP contribution in [0.3, 0.4) is 0 Å². The van der Waals surface area contributed by atoms with E-state index in [1.54, 1.807) is 0 Å². The molecule has 0 saturated carbocycles. The molecule has 0 N–H and O–H groups in total. The molecule has 0 aliphatic carbocycles. The Hall–Kier alpha value is -1.82. The van der Waals surface area contributed by atoms with Crippen LogP contribution in [0.5, 0.6) is 0 Å². The standard InChI is InChI=1S/C15H13/c1-13(15-10-6-3-7-11-15)12-14-8-4-2-5-9-14/h2-12H,1H2/b13-12+. The molecular weight excluding hydrogens is 180 g/mol. The molecule has 0 bridgehead atoms. The predicted molar refractivity (Wildman–Crippen MR) is 66.1 cm³/mol. The first-order valence-electron chi connectivity index (χ1n) is 5.00. The van der Waals surface area contributed by atoms with Gasteiger partial charge in [-0.1, -0.05) is 66.7 Å². The first-order valence-corrected chi connectivity index (χ1v) is 5.00. The van der Waals surface area contributed by atoms with Crippen LogP contribution in [-0.4, -0.2) is 0 Å². The van der Waals surface area contributed by atoms with Crippen molar-refractivity contribution in [1.82, 2.24) is 0 Å². The Balaban J connectivity index is 2.29. The van der Waals surface area contributed by atoms with Crippen molar-refractivity contribution in [1.29, 1.82) is 0 Å². The van der Waals surface area contributed by atoms with E-state index in [-0.39, 0.29) is 0 Å². The normalized spacial score (nSPS) is 11.4. The highest BCUT2D eigenvalue weighted by Crippen LogP contribution is 2.16. The molecule has 2 aromatic rings. The Labute approximate surface area is 90.9 Å². The molecule has 0 heteroatoms. The van der Waals surface area contributed by atoms with E-state index < -0.39 is 0 Å². The van der Waals surface area contributed by atoms with Gasteiger partial charge in [0.25, 0.3) is 0 Å². The Morgan fingerprint density at radius 3 is 1.93 bits per heavy atom. The Bertz CT molecular complexity index is 438. The summed E-state index contributed by atoms with van der Waals surface area (Å²) >= 11 is 0. The van der Waals surface area contributed by atoms with Crippen LogP contribution in [0.25, 0.3) is 11.6 Å². The van der Waals surface area contributed by atoms with Crippen molar-refractivity contribution in [2.24, 2.45) is 0 Å². The molecule has 73 valence electrons. The zero-order valence-electron chi connectivity index (χ0n) is 8.56. The number of hydrogen-bond donors (Lipinski definition) is 0. The number of rotatable bonds is 2. The first-order chi connectivity index (χ1) is 7.36. The molecule has 1 radical (unpaired) electrons. The summed E-state index contributed by atoms with van der Waals surface area (Å²) in [5.41, 5.74) is 3.40. The molecule has 0 heterocycles. The van der Waals surface area contributed by atoms with E-state index in [9.17, 15) is 0 Å². The van der Waals surface area contributed by atoms with E-state index >= 15 is 0 Å². The fourth-order valence-electron chi connectivity index (χ4n) is 1.49. The third kappa shape index (κ3) is 2.57. The summed E-state index contributed by atoms with van der Waals surface area (Å²) in [5.74, 6) is 0. The van der Waals surface area contributed by atoms with Gasteiger partial charge in [0.1, 0.15) is 0 Å². The number of hydrogen-bond acceptors (Lipinski definition) is 0. The zero-order valence-corrected chi connectivity index (χ0v) is 8.56. The van der Waals surface area contributed by atoms with E-state index in [4.69, 9.17) is 0 Å². The minimum Gasteiger partial charge on any atom is -0.0622 e. The van der Waals surface area contributed by atoms with E-state index in [0.29, 0.717) is 0 Å². The van der Waals surface area contributed by atoms with Gasteiger partial charge >= 0.3 is 0 Å². The molecule has 0 aliphatic rings. The van der Waals surface area contributed by atoms with Gasteiger partial charge in [-0.2, -0.15) is 0 Å². The first kappa shape index (κ1) is 9.72. The third-order valence-electron chi connectivity index (χ3n) is 2.29. The molecule has 0 aliphatic heterocycles. The van der Waals surface area contributed by atoms with Gasteiger partial charge in [0.15, 0.2) is 0 Å². The average Bonchev–Trinajstić information content (AvgIpc) is 2.31. The summed E-state index contributed by atoms with van der Waals surface area (Å²) in [4.78, 5) is 0. The van der Waals surface area contributed by atoms with Gasteiger partial charge in [-0.3, -0.25) is 0 Å². The maximum Gasteiger partial charge on any atom is -0.0224 e. The molecule has 2 aromatic carbocycles. The molecule has 2 rings (SSSR count). The minimum atomic E-state index is 1.04. The minimum absolute atomic E-state index is 1.04. The highest BCUT2D eigenvalue weighted by Gasteiger charge is 1.93. The molecule has 0 amide bonds. The van der Waals surface area contributed by atoms with Crippen LogP contribution in [0.2, 0.25) is 0 Å². The SMILES string of the molecule is [CH2]/C(=C\c1ccccc1)c1ccccc1. The van der Waals surface area contributed by atoms with E-state index in [2.05, 4.69) is 37.3 Å². The van der Waals surface area contributed by atoms with Crippen molar-refractivity contribution in [2.75, 3.05) is 0 Å². The van der Waals surface area contributed by atoms with Crippen molar-refractivity contribution >= 4 is 11.6 Å². The maximum atomic E-state index is 4.06. The largest absolute Gasteiger partial charge is 0.0622 e. The van der Waals surface area contributed by atoms with Crippen LogP contribution in [0.15, 0.2) is 60.7 Å². The smallest absolute Gasteiger partial charge is 0.0224 e. The van der Waals surface area contributed by atoms with Gasteiger partial charge in [0.2, 0.25) is 0 Å². The second-order valence-electron chi connectivity index (χ2n) is 3.45. The second kappa shape index (κ2) is 4.61. The van der Waals surface area contributed by atoms with Crippen molar-refractivity contribution < 1.29 is 0 Å². The van der Waals surface area contributed by atoms with E-state index in [0.717, 1.165) is 5.57 Å². The van der Waals surface area contributed by atoms with Gasteiger partial charge in [0.05, 0.1) is 0 Å². The van der Waals surface area contributed by atoms with Crippen molar-refractivity contribution in [3.05, 3.63) is 78.7 Å². The molecule has 0 atom stereocenters. The molecule has 0 spiro atoms. The Kier molecular flexibility index (Phi) is 2.99. The Morgan fingerprint density at radius 1 is 0.800 bits per heavy atom. The lowest BCUT2D eigenvalue weighted by molar-refractivity contribution is 1.62. The van der Waals surface area contributed by atoms with Gasteiger partial charge in [-0.15, -0.1) is 0 Å². The van der Waals surface area contributed by atoms with Crippen LogP contribution >= 0.6 is 0 Å². The van der Waals surface area contributed by atoms with E-state index in [1.807, 2.05) is 36.4 Å². The summed E-state index contributed by atoms with van der Waals surface area (Å²) in [6, 6.07) is 20.4. The monoisotopic (exact) mass is 193 g/mol. The molecular formula is C15H13. The summed E-state index contributed by atoms with van der Waals surface area (Å²) < 4.78 is 0. The lowest BCUT2D eigenvalue weighted by Crippen LogP contribution is -1.78. The van der Waals surface area contributed by atoms with Crippen molar-refractivity contribution in [3.63, 3.8) is 0 Å². The molecule has 0 saturated heterocycles. The van der Waals surface area contributed by atoms with Gasteiger partial charge < -0.3 is 0 Å². The molecule has 0 unspecified atom stereocenters. The van der Waals surface area contributed by atoms with Crippen molar-refractivity contribution in [3.8, 4) is 0 Å². The highest BCUT2D eigenvalue weighted by molar-refractivity contribution is 5.83. The fourth-order valence-corrected chi connectivity index (χ4v) is 1.49.